The number of aryl methyl sites for hydroxylation is 2. The molecular formula is C22H27N3O2. The molecule has 1 heterocycles. The number of carbonyl (C=O) groups is 1. The van der Waals surface area contributed by atoms with Crippen molar-refractivity contribution in [3.8, 4) is 0 Å². The van der Waals surface area contributed by atoms with E-state index in [4.69, 9.17) is 4.74 Å². The van der Waals surface area contributed by atoms with E-state index in [0.717, 1.165) is 37.1 Å². The van der Waals surface area contributed by atoms with Crippen LogP contribution in [0.2, 0.25) is 0 Å². The van der Waals surface area contributed by atoms with Gasteiger partial charge in [0.1, 0.15) is 0 Å². The van der Waals surface area contributed by atoms with Crippen LogP contribution in [0.25, 0.3) is 0 Å². The first-order chi connectivity index (χ1) is 13.1. The Morgan fingerprint density at radius 2 is 2.07 bits per heavy atom. The molecule has 5 heteroatoms. The van der Waals surface area contributed by atoms with Crippen molar-refractivity contribution in [2.24, 2.45) is 4.99 Å². The maximum atomic E-state index is 12.7. The topological polar surface area (TPSA) is 62.7 Å². The number of anilines is 1. The van der Waals surface area contributed by atoms with E-state index in [1.54, 1.807) is 6.07 Å². The summed E-state index contributed by atoms with van der Waals surface area (Å²) in [6.07, 6.45) is 3.15. The Bertz CT molecular complexity index is 811. The number of nitrogens with zero attached hydrogens (tertiary/aromatic N) is 1. The van der Waals surface area contributed by atoms with E-state index in [9.17, 15) is 4.79 Å². The molecule has 2 aromatic rings. The highest BCUT2D eigenvalue weighted by molar-refractivity contribution is 6.10. The second-order valence-electron chi connectivity index (χ2n) is 6.83. The minimum atomic E-state index is -0.177. The van der Waals surface area contributed by atoms with Crippen molar-refractivity contribution in [1.29, 1.82) is 0 Å². The van der Waals surface area contributed by atoms with Gasteiger partial charge in [0.15, 0.2) is 0 Å². The monoisotopic (exact) mass is 365 g/mol. The van der Waals surface area contributed by atoms with Crippen molar-refractivity contribution >= 4 is 17.6 Å². The largest absolute Gasteiger partial charge is 0.376 e. The van der Waals surface area contributed by atoms with Gasteiger partial charge in [-0.1, -0.05) is 36.8 Å². The number of hydrogen-bond donors (Lipinski definition) is 2. The molecule has 1 atom stereocenters. The summed E-state index contributed by atoms with van der Waals surface area (Å²) < 4.78 is 5.65. The van der Waals surface area contributed by atoms with Gasteiger partial charge in [0.05, 0.1) is 12.6 Å². The summed E-state index contributed by atoms with van der Waals surface area (Å²) in [7, 11) is 0. The maximum absolute atomic E-state index is 12.7. The summed E-state index contributed by atoms with van der Waals surface area (Å²) >= 11 is 0. The molecular weight excluding hydrogens is 338 g/mol. The maximum Gasteiger partial charge on any atom is 0.257 e. The average molecular weight is 365 g/mol. The lowest BCUT2D eigenvalue weighted by molar-refractivity contribution is 0.0975. The Balaban J connectivity index is 1.75. The highest BCUT2D eigenvalue weighted by atomic mass is 16.5. The summed E-state index contributed by atoms with van der Waals surface area (Å²) in [6, 6.07) is 15.6. The quantitative estimate of drug-likeness (QED) is 0.623. The van der Waals surface area contributed by atoms with E-state index in [1.807, 2.05) is 37.3 Å². The van der Waals surface area contributed by atoms with E-state index in [2.05, 4.69) is 34.7 Å². The summed E-state index contributed by atoms with van der Waals surface area (Å²) in [6.45, 7) is 5.41. The normalized spacial score (nSPS) is 17.0. The molecule has 0 unspecified atom stereocenters. The lowest BCUT2D eigenvalue weighted by atomic mass is 10.1. The van der Waals surface area contributed by atoms with Gasteiger partial charge in [-0.2, -0.15) is 0 Å². The minimum Gasteiger partial charge on any atom is -0.376 e. The zero-order chi connectivity index (χ0) is 19.1. The van der Waals surface area contributed by atoms with Gasteiger partial charge in [0.2, 0.25) is 5.96 Å². The standard InChI is InChI=1S/C22H27N3O2/c1-3-17-8-5-10-19(14-17)24-22(23-15-20-11-6-12-27-20)25-21(26)18-9-4-7-16(2)13-18/h4-5,7-10,13-14,20H,3,6,11-12,15H2,1-2H3,(H2,23,24,25,26)/t20-/m0/s1. The van der Waals surface area contributed by atoms with Crippen LogP contribution in [-0.2, 0) is 11.2 Å². The molecule has 1 aliphatic heterocycles. The second kappa shape index (κ2) is 9.33. The molecule has 0 spiro atoms. The molecule has 0 aromatic heterocycles. The third-order valence-electron chi connectivity index (χ3n) is 4.59. The van der Waals surface area contributed by atoms with Crippen LogP contribution in [0.4, 0.5) is 5.69 Å². The van der Waals surface area contributed by atoms with Gasteiger partial charge in [0, 0.05) is 17.9 Å². The van der Waals surface area contributed by atoms with Crippen molar-refractivity contribution in [2.45, 2.75) is 39.2 Å². The number of aliphatic imine (C=N–C) groups is 1. The van der Waals surface area contributed by atoms with Crippen molar-refractivity contribution < 1.29 is 9.53 Å². The zero-order valence-electron chi connectivity index (χ0n) is 16.0. The smallest absolute Gasteiger partial charge is 0.257 e. The van der Waals surface area contributed by atoms with Crippen LogP contribution in [0, 0.1) is 6.92 Å². The minimum absolute atomic E-state index is 0.125. The first-order valence-electron chi connectivity index (χ1n) is 9.54. The molecule has 0 bridgehead atoms. The van der Waals surface area contributed by atoms with Gasteiger partial charge in [0.25, 0.3) is 5.91 Å². The van der Waals surface area contributed by atoms with E-state index in [1.165, 1.54) is 5.56 Å². The molecule has 0 saturated carbocycles. The predicted octanol–water partition coefficient (Wildman–Crippen LogP) is 3.93. The molecule has 2 N–H and O–H groups in total. The summed E-state index contributed by atoms with van der Waals surface area (Å²) in [4.78, 5) is 17.2. The van der Waals surface area contributed by atoms with E-state index in [-0.39, 0.29) is 12.0 Å². The number of ether oxygens (including phenoxy) is 1. The highest BCUT2D eigenvalue weighted by Gasteiger charge is 2.16. The highest BCUT2D eigenvalue weighted by Crippen LogP contribution is 2.14. The fourth-order valence-electron chi connectivity index (χ4n) is 3.06. The molecule has 3 rings (SSSR count). The van der Waals surface area contributed by atoms with Crippen LogP contribution in [0.5, 0.6) is 0 Å². The SMILES string of the molecule is CCc1cccc(NC(=NC[C@@H]2CCCO2)NC(=O)c2cccc(C)c2)c1. The summed E-state index contributed by atoms with van der Waals surface area (Å²) in [5, 5.41) is 6.17. The van der Waals surface area contributed by atoms with Gasteiger partial charge in [-0.15, -0.1) is 0 Å². The molecule has 1 aliphatic rings. The Hall–Kier alpha value is -2.66. The number of rotatable bonds is 5. The zero-order valence-corrected chi connectivity index (χ0v) is 16.0. The molecule has 1 fully saturated rings. The molecule has 2 aromatic carbocycles. The van der Waals surface area contributed by atoms with E-state index < -0.39 is 0 Å². The van der Waals surface area contributed by atoms with E-state index in [0.29, 0.717) is 18.1 Å². The van der Waals surface area contributed by atoms with Crippen LogP contribution in [0.3, 0.4) is 0 Å². The molecule has 1 saturated heterocycles. The number of carbonyl (C=O) groups excluding carboxylic acids is 1. The molecule has 27 heavy (non-hydrogen) atoms. The van der Waals surface area contributed by atoms with Gasteiger partial charge < -0.3 is 10.1 Å². The van der Waals surface area contributed by atoms with Crippen LogP contribution >= 0.6 is 0 Å². The molecule has 1 amide bonds. The van der Waals surface area contributed by atoms with Crippen molar-refractivity contribution in [2.75, 3.05) is 18.5 Å². The second-order valence-corrected chi connectivity index (χ2v) is 6.83. The first kappa shape index (κ1) is 19.1. The Morgan fingerprint density at radius 3 is 2.81 bits per heavy atom. The lowest BCUT2D eigenvalue weighted by Gasteiger charge is -2.14. The number of benzene rings is 2. The van der Waals surface area contributed by atoms with Crippen molar-refractivity contribution in [3.05, 3.63) is 65.2 Å². The number of amides is 1. The van der Waals surface area contributed by atoms with E-state index >= 15 is 0 Å². The Labute approximate surface area is 160 Å². The fraction of sp³-hybridized carbons (Fsp3) is 0.364. The van der Waals surface area contributed by atoms with Crippen LogP contribution in [0.1, 0.15) is 41.3 Å². The first-order valence-corrected chi connectivity index (χ1v) is 9.54. The fourth-order valence-corrected chi connectivity index (χ4v) is 3.06. The van der Waals surface area contributed by atoms with Crippen LogP contribution < -0.4 is 10.6 Å². The van der Waals surface area contributed by atoms with Gasteiger partial charge in [-0.3, -0.25) is 10.1 Å². The molecule has 5 nitrogen and oxygen atoms in total. The third kappa shape index (κ3) is 5.66. The lowest BCUT2D eigenvalue weighted by Crippen LogP contribution is -2.36. The average Bonchev–Trinajstić information content (AvgIpc) is 3.20. The molecule has 142 valence electrons. The van der Waals surface area contributed by atoms with Crippen molar-refractivity contribution in [3.63, 3.8) is 0 Å². The van der Waals surface area contributed by atoms with Crippen molar-refractivity contribution in [1.82, 2.24) is 5.32 Å². The van der Waals surface area contributed by atoms with Gasteiger partial charge in [-0.25, -0.2) is 4.99 Å². The van der Waals surface area contributed by atoms with Crippen LogP contribution in [-0.4, -0.2) is 31.1 Å². The Morgan fingerprint density at radius 1 is 1.22 bits per heavy atom. The summed E-state index contributed by atoms with van der Waals surface area (Å²) in [5.74, 6) is 0.272. The Kier molecular flexibility index (Phi) is 6.60. The van der Waals surface area contributed by atoms with Gasteiger partial charge in [-0.05, 0) is 56.0 Å². The molecule has 0 radical (unpaired) electrons. The predicted molar refractivity (Wildman–Crippen MR) is 109 cm³/mol. The molecule has 0 aliphatic carbocycles. The third-order valence-corrected chi connectivity index (χ3v) is 4.59. The number of nitrogens with one attached hydrogen (secondary N) is 2. The van der Waals surface area contributed by atoms with Crippen LogP contribution in [0.15, 0.2) is 53.5 Å². The van der Waals surface area contributed by atoms with Gasteiger partial charge >= 0.3 is 0 Å². The number of guanidine groups is 1. The summed E-state index contributed by atoms with van der Waals surface area (Å²) in [5.41, 5.74) is 3.79. The number of hydrogen-bond acceptors (Lipinski definition) is 3.